The summed E-state index contributed by atoms with van der Waals surface area (Å²) in [5, 5.41) is 39.0. The average Bonchev–Trinajstić information content (AvgIpc) is 3.68. The molecule has 1 unspecified atom stereocenters. The maximum atomic E-state index is 13.6. The van der Waals surface area contributed by atoms with E-state index in [1.807, 2.05) is 0 Å². The fourth-order valence-corrected chi connectivity index (χ4v) is 6.47. The number of guanidine groups is 1. The van der Waals surface area contributed by atoms with Crippen LogP contribution in [0.5, 0.6) is 11.5 Å². The van der Waals surface area contributed by atoms with Gasteiger partial charge in [-0.1, -0.05) is 6.07 Å². The maximum Gasteiger partial charge on any atom is 0.260 e. The summed E-state index contributed by atoms with van der Waals surface area (Å²) in [6.07, 6.45) is 1.44. The molecule has 0 saturated carbocycles. The van der Waals surface area contributed by atoms with Crippen LogP contribution in [0.25, 0.3) is 22.3 Å². The van der Waals surface area contributed by atoms with Crippen LogP contribution in [0.2, 0.25) is 0 Å². The van der Waals surface area contributed by atoms with Gasteiger partial charge in [0, 0.05) is 18.2 Å². The van der Waals surface area contributed by atoms with Gasteiger partial charge in [0.2, 0.25) is 22.2 Å². The van der Waals surface area contributed by atoms with E-state index < -0.39 is 76.6 Å². The number of ether oxygens (including phenoxy) is 1. The fraction of sp³-hybridized carbons (Fsp3) is 0.207. The monoisotopic (exact) mass is 583 g/mol. The standard InChI is InChI=1S/C29H21N5O9/c1-43-14-8-13(35)16-17(21(14)36)23(38)19-18(22(16)37)25(40)29(26(19)41)3-2-10-6-11-7-12(9-32-34-28-30-4-5-31-28)33-27(42)15(11)24(39)20(10)29/h6-9,39-41H,2-5H2,1H3,(H,33,42)(H2,30,31,34)/b32-9+. The molecule has 4 aliphatic carbocycles. The minimum atomic E-state index is -1.96. The van der Waals surface area contributed by atoms with Crippen LogP contribution >= 0.6 is 0 Å². The number of aryl methyl sites for hydroxylation is 1. The first kappa shape index (κ1) is 26.1. The zero-order valence-corrected chi connectivity index (χ0v) is 22.3. The highest BCUT2D eigenvalue weighted by Gasteiger charge is 2.53. The van der Waals surface area contributed by atoms with Gasteiger partial charge in [-0.05, 0) is 29.9 Å². The summed E-state index contributed by atoms with van der Waals surface area (Å²) < 4.78 is 4.89. The van der Waals surface area contributed by atoms with Crippen molar-refractivity contribution >= 4 is 34.5 Å². The number of nitrogens with one attached hydrogen (secondary N) is 3. The lowest BCUT2D eigenvalue weighted by molar-refractivity contribution is 0.362. The molecular weight excluding hydrogens is 562 g/mol. The van der Waals surface area contributed by atoms with Crippen molar-refractivity contribution in [3.05, 3.63) is 107 Å². The Kier molecular flexibility index (Phi) is 5.38. The summed E-state index contributed by atoms with van der Waals surface area (Å²) >= 11 is 0. The topological polar surface area (TPSA) is 220 Å². The minimum absolute atomic E-state index is 0.0600. The van der Waals surface area contributed by atoms with Crippen LogP contribution < -0.4 is 53.2 Å². The lowest BCUT2D eigenvalue weighted by Crippen LogP contribution is -2.51. The molecule has 216 valence electrons. The number of methoxy groups -OCH3 is 1. The number of H-pyrrole nitrogens is 1. The van der Waals surface area contributed by atoms with Gasteiger partial charge in [-0.15, -0.1) is 0 Å². The van der Waals surface area contributed by atoms with Gasteiger partial charge >= 0.3 is 0 Å². The Balaban J connectivity index is 1.48. The number of phenols is 1. The van der Waals surface area contributed by atoms with Gasteiger partial charge < -0.3 is 30.4 Å². The van der Waals surface area contributed by atoms with E-state index in [2.05, 4.69) is 25.8 Å². The molecule has 0 bridgehead atoms. The Hall–Kier alpha value is -5.79. The number of fused-ring (bicyclic) bond motifs is 4. The summed E-state index contributed by atoms with van der Waals surface area (Å²) in [7, 11) is 1.12. The normalized spacial score (nSPS) is 19.0. The fourth-order valence-electron chi connectivity index (χ4n) is 6.47. The Labute approximate surface area is 237 Å². The molecule has 1 spiro atoms. The third-order valence-corrected chi connectivity index (χ3v) is 8.32. The van der Waals surface area contributed by atoms with Gasteiger partial charge in [-0.2, -0.15) is 5.10 Å². The molecule has 1 aliphatic heterocycles. The first-order chi connectivity index (χ1) is 20.6. The highest BCUT2D eigenvalue weighted by atomic mass is 16.5. The number of nitrogens with zero attached hydrogens (tertiary/aromatic N) is 2. The van der Waals surface area contributed by atoms with Crippen LogP contribution in [0.4, 0.5) is 0 Å². The maximum absolute atomic E-state index is 13.6. The smallest absolute Gasteiger partial charge is 0.260 e. The second kappa shape index (κ2) is 8.85. The van der Waals surface area contributed by atoms with Crippen molar-refractivity contribution in [2.24, 2.45) is 10.1 Å². The highest BCUT2D eigenvalue weighted by Crippen LogP contribution is 2.54. The second-order valence-electron chi connectivity index (χ2n) is 10.5. The van der Waals surface area contributed by atoms with Crippen molar-refractivity contribution in [3.63, 3.8) is 0 Å². The van der Waals surface area contributed by atoms with Crippen LogP contribution in [0, 0.1) is 10.4 Å². The number of hydrazone groups is 1. The molecule has 0 amide bonds. The van der Waals surface area contributed by atoms with Gasteiger partial charge in [0.1, 0.15) is 22.7 Å². The molecule has 1 aromatic carbocycles. The molecule has 14 nitrogen and oxygen atoms in total. The molecule has 5 aliphatic rings. The zero-order valence-electron chi connectivity index (χ0n) is 22.3. The highest BCUT2D eigenvalue weighted by molar-refractivity contribution is 5.96. The molecule has 0 saturated heterocycles. The summed E-state index contributed by atoms with van der Waals surface area (Å²) in [6, 6.07) is 3.96. The van der Waals surface area contributed by atoms with E-state index in [9.17, 15) is 39.3 Å². The van der Waals surface area contributed by atoms with Crippen LogP contribution in [-0.2, 0) is 11.8 Å². The van der Waals surface area contributed by atoms with E-state index in [4.69, 9.17) is 4.74 Å². The number of aliphatic hydroxyl groups excluding tert-OH is 2. The van der Waals surface area contributed by atoms with Gasteiger partial charge in [0.25, 0.3) is 5.56 Å². The van der Waals surface area contributed by atoms with Gasteiger partial charge in [0.15, 0.2) is 11.2 Å². The average molecular weight is 584 g/mol. The van der Waals surface area contributed by atoms with E-state index in [0.29, 0.717) is 35.7 Å². The molecule has 7 rings (SSSR count). The summed E-state index contributed by atoms with van der Waals surface area (Å²) in [5.74, 6) is -2.05. The molecule has 14 heteroatoms. The number of hydrogen-bond acceptors (Lipinski definition) is 13. The first-order valence-corrected chi connectivity index (χ1v) is 13.2. The number of pyridine rings is 1. The van der Waals surface area contributed by atoms with Crippen LogP contribution in [0.1, 0.15) is 23.2 Å². The molecular formula is C29H21N5O9. The van der Waals surface area contributed by atoms with Crippen LogP contribution in [-0.4, -0.2) is 52.7 Å². The lowest BCUT2D eigenvalue weighted by Gasteiger charge is -2.27. The van der Waals surface area contributed by atoms with Gasteiger partial charge in [0.05, 0.1) is 51.8 Å². The molecule has 43 heavy (non-hydrogen) atoms. The number of hydrogen-bond donors (Lipinski definition) is 6. The Morgan fingerprint density at radius 1 is 0.977 bits per heavy atom. The quantitative estimate of drug-likeness (QED) is 0.108. The Bertz CT molecular complexity index is 2490. The van der Waals surface area contributed by atoms with E-state index >= 15 is 0 Å². The number of aliphatic hydroxyl groups is 2. The number of aromatic hydroxyl groups is 1. The molecule has 1 aromatic heterocycles. The van der Waals surface area contributed by atoms with Gasteiger partial charge in [-0.3, -0.25) is 24.0 Å². The van der Waals surface area contributed by atoms with Crippen molar-refractivity contribution in [1.82, 2.24) is 15.7 Å². The number of phenolic OH excluding ortho intramolecular Hbond substituents is 1. The second-order valence-corrected chi connectivity index (χ2v) is 10.5. The first-order valence-electron chi connectivity index (χ1n) is 13.2. The minimum Gasteiger partial charge on any atom is -0.510 e. The van der Waals surface area contributed by atoms with Crippen molar-refractivity contribution in [3.8, 4) is 11.5 Å². The van der Waals surface area contributed by atoms with Crippen LogP contribution in [0.3, 0.4) is 0 Å². The number of aromatic amines is 1. The lowest BCUT2D eigenvalue weighted by atomic mass is 9.78. The largest absolute Gasteiger partial charge is 0.510 e. The molecule has 2 heterocycles. The third-order valence-electron chi connectivity index (χ3n) is 8.32. The third kappa shape index (κ3) is 3.31. The van der Waals surface area contributed by atoms with Crippen molar-refractivity contribution in [2.75, 3.05) is 20.2 Å². The number of aromatic nitrogens is 1. The van der Waals surface area contributed by atoms with Crippen molar-refractivity contribution < 1.29 is 20.1 Å². The zero-order chi connectivity index (χ0) is 30.4. The van der Waals surface area contributed by atoms with Crippen molar-refractivity contribution in [2.45, 2.75) is 18.3 Å². The summed E-state index contributed by atoms with van der Waals surface area (Å²) in [5.41, 5.74) is -3.48. The number of benzene rings is 1. The number of aliphatic imine (C=N–C) groups is 1. The molecule has 6 N–H and O–H groups in total. The molecule has 0 fully saturated rings. The number of rotatable bonds is 3. The van der Waals surface area contributed by atoms with Crippen LogP contribution in [0.15, 0.2) is 52.3 Å². The molecule has 2 aromatic rings. The van der Waals surface area contributed by atoms with E-state index in [1.54, 1.807) is 12.1 Å². The van der Waals surface area contributed by atoms with E-state index in [0.717, 1.165) is 13.2 Å². The Morgan fingerprint density at radius 2 is 1.70 bits per heavy atom. The Morgan fingerprint density at radius 3 is 2.37 bits per heavy atom. The summed E-state index contributed by atoms with van der Waals surface area (Å²) in [6.45, 7) is 1.29. The SMILES string of the molecule is COc1cc(=O)c2c(=O)c3c(c(=O)c=2c1=O)=C(O)C1(CCc2cc4cc(/C=N/NC5=NCCN5)[nH]c(=O)c4c(O)c21)C=3O. The van der Waals surface area contributed by atoms with E-state index in [-0.39, 0.29) is 23.8 Å². The predicted octanol–water partition coefficient (Wildman–Crippen LogP) is -2.60. The van der Waals surface area contributed by atoms with Crippen molar-refractivity contribution in [1.29, 1.82) is 0 Å². The summed E-state index contributed by atoms with van der Waals surface area (Å²) in [4.78, 5) is 72.7. The van der Waals surface area contributed by atoms with Gasteiger partial charge in [-0.25, -0.2) is 10.4 Å². The van der Waals surface area contributed by atoms with E-state index in [1.165, 1.54) is 6.21 Å². The molecule has 0 radical (unpaired) electrons. The predicted molar refractivity (Wildman–Crippen MR) is 154 cm³/mol. The molecule has 1 atom stereocenters.